The quantitative estimate of drug-likeness (QED) is 0.561. The first kappa shape index (κ1) is 15.0. The van der Waals surface area contributed by atoms with Crippen LogP contribution in [0.2, 0.25) is 0 Å². The predicted octanol–water partition coefficient (Wildman–Crippen LogP) is 3.27. The molecule has 0 aliphatic carbocycles. The normalized spacial score (nSPS) is 12.0. The van der Waals surface area contributed by atoms with Crippen molar-refractivity contribution in [1.29, 1.82) is 0 Å². The number of aromatic amines is 1. The highest BCUT2D eigenvalue weighted by Gasteiger charge is 2.20. The maximum atomic E-state index is 12.3. The first-order valence-corrected chi connectivity index (χ1v) is 7.60. The van der Waals surface area contributed by atoms with E-state index in [1.165, 1.54) is 0 Å². The zero-order valence-corrected chi connectivity index (χ0v) is 12.9. The molecule has 1 unspecified atom stereocenters. The van der Waals surface area contributed by atoms with Crippen molar-refractivity contribution in [3.05, 3.63) is 71.9 Å². The van der Waals surface area contributed by atoms with E-state index >= 15 is 0 Å². The molecule has 0 aliphatic rings. The fourth-order valence-electron chi connectivity index (χ4n) is 2.61. The predicted molar refractivity (Wildman–Crippen MR) is 90.5 cm³/mol. The van der Waals surface area contributed by atoms with Crippen LogP contribution in [0.4, 0.5) is 0 Å². The molecule has 3 aromatic rings. The molecule has 3 rings (SSSR count). The van der Waals surface area contributed by atoms with E-state index in [4.69, 9.17) is 0 Å². The molecular formula is C19H18N2O2. The Morgan fingerprint density at radius 2 is 1.74 bits per heavy atom. The average Bonchev–Trinajstić information content (AvgIpc) is 3.03. The fraction of sp³-hybridized carbons (Fsp3) is 0.158. The standard InChI is InChI=1S/C19H18N2O2/c1-13(14-7-3-2-4-8-14)11-21-19(23)18(22)16-12-20-17-10-6-5-9-15(16)17/h2-10,12-13,20H,11H2,1H3,(H,21,23). The maximum Gasteiger partial charge on any atom is 0.292 e. The second-order valence-corrected chi connectivity index (χ2v) is 5.60. The van der Waals surface area contributed by atoms with Gasteiger partial charge in [-0.2, -0.15) is 0 Å². The molecule has 2 N–H and O–H groups in total. The number of ketones is 1. The third-order valence-corrected chi connectivity index (χ3v) is 3.98. The minimum atomic E-state index is -0.572. The van der Waals surface area contributed by atoms with E-state index in [0.29, 0.717) is 12.1 Å². The smallest absolute Gasteiger partial charge is 0.292 e. The molecule has 1 atom stereocenters. The summed E-state index contributed by atoms with van der Waals surface area (Å²) in [5.74, 6) is -0.934. The molecule has 0 radical (unpaired) electrons. The highest BCUT2D eigenvalue weighted by molar-refractivity contribution is 6.44. The number of Topliss-reactive ketones (excluding diaryl/α,β-unsaturated/α-hetero) is 1. The number of benzene rings is 2. The number of H-pyrrole nitrogens is 1. The van der Waals surface area contributed by atoms with Gasteiger partial charge in [-0.1, -0.05) is 55.5 Å². The van der Waals surface area contributed by atoms with Crippen LogP contribution >= 0.6 is 0 Å². The number of hydrogen-bond acceptors (Lipinski definition) is 2. The monoisotopic (exact) mass is 306 g/mol. The summed E-state index contributed by atoms with van der Waals surface area (Å²) in [5.41, 5.74) is 2.39. The molecule has 116 valence electrons. The van der Waals surface area contributed by atoms with Crippen molar-refractivity contribution in [2.24, 2.45) is 0 Å². The van der Waals surface area contributed by atoms with Crippen molar-refractivity contribution >= 4 is 22.6 Å². The summed E-state index contributed by atoms with van der Waals surface area (Å²) in [5, 5.41) is 3.50. The Morgan fingerprint density at radius 1 is 1.04 bits per heavy atom. The number of para-hydroxylation sites is 1. The lowest BCUT2D eigenvalue weighted by atomic mass is 10.0. The van der Waals surface area contributed by atoms with Gasteiger partial charge in [0.25, 0.3) is 11.7 Å². The molecule has 1 aromatic heterocycles. The Balaban J connectivity index is 1.67. The minimum Gasteiger partial charge on any atom is -0.360 e. The van der Waals surface area contributed by atoms with E-state index in [-0.39, 0.29) is 5.92 Å². The zero-order chi connectivity index (χ0) is 16.2. The van der Waals surface area contributed by atoms with Gasteiger partial charge in [-0.05, 0) is 17.5 Å². The lowest BCUT2D eigenvalue weighted by Gasteiger charge is -2.12. The lowest BCUT2D eigenvalue weighted by molar-refractivity contribution is -0.117. The van der Waals surface area contributed by atoms with E-state index in [1.54, 1.807) is 6.20 Å². The van der Waals surface area contributed by atoms with Gasteiger partial charge in [0.15, 0.2) is 0 Å². The van der Waals surface area contributed by atoms with Crippen molar-refractivity contribution < 1.29 is 9.59 Å². The summed E-state index contributed by atoms with van der Waals surface area (Å²) >= 11 is 0. The van der Waals surface area contributed by atoms with Crippen LogP contribution in [0.25, 0.3) is 10.9 Å². The average molecular weight is 306 g/mol. The molecule has 4 nitrogen and oxygen atoms in total. The highest BCUT2D eigenvalue weighted by atomic mass is 16.2. The van der Waals surface area contributed by atoms with Gasteiger partial charge in [-0.25, -0.2) is 0 Å². The van der Waals surface area contributed by atoms with Crippen molar-refractivity contribution in [3.8, 4) is 0 Å². The Hall–Kier alpha value is -2.88. The van der Waals surface area contributed by atoms with E-state index < -0.39 is 11.7 Å². The molecule has 2 aromatic carbocycles. The Labute approximate surface area is 134 Å². The molecule has 0 fully saturated rings. The lowest BCUT2D eigenvalue weighted by Crippen LogP contribution is -2.33. The second-order valence-electron chi connectivity index (χ2n) is 5.60. The zero-order valence-electron chi connectivity index (χ0n) is 12.9. The first-order valence-electron chi connectivity index (χ1n) is 7.60. The molecule has 0 saturated carbocycles. The molecule has 4 heteroatoms. The summed E-state index contributed by atoms with van der Waals surface area (Å²) in [6, 6.07) is 17.3. The SMILES string of the molecule is CC(CNC(=O)C(=O)c1c[nH]c2ccccc12)c1ccccc1. The van der Waals surface area contributed by atoms with Crippen LogP contribution in [-0.4, -0.2) is 23.2 Å². The van der Waals surface area contributed by atoms with Crippen LogP contribution in [0.5, 0.6) is 0 Å². The van der Waals surface area contributed by atoms with Crippen LogP contribution in [0, 0.1) is 0 Å². The summed E-state index contributed by atoms with van der Waals surface area (Å²) in [4.78, 5) is 27.5. The summed E-state index contributed by atoms with van der Waals surface area (Å²) in [6.45, 7) is 2.45. The molecule has 1 amide bonds. The summed E-state index contributed by atoms with van der Waals surface area (Å²) in [6.07, 6.45) is 1.59. The first-order chi connectivity index (χ1) is 11.2. The van der Waals surface area contributed by atoms with Gasteiger partial charge in [-0.3, -0.25) is 9.59 Å². The Bertz CT molecular complexity index is 837. The highest BCUT2D eigenvalue weighted by Crippen LogP contribution is 2.18. The number of hydrogen-bond donors (Lipinski definition) is 2. The minimum absolute atomic E-state index is 0.149. The van der Waals surface area contributed by atoms with Crippen molar-refractivity contribution in [1.82, 2.24) is 10.3 Å². The summed E-state index contributed by atoms with van der Waals surface area (Å²) in [7, 11) is 0. The molecular weight excluding hydrogens is 288 g/mol. The number of fused-ring (bicyclic) bond motifs is 1. The number of aromatic nitrogens is 1. The van der Waals surface area contributed by atoms with Crippen LogP contribution in [0.15, 0.2) is 60.8 Å². The molecule has 1 heterocycles. The number of rotatable bonds is 5. The van der Waals surface area contributed by atoms with Gasteiger partial charge in [0.05, 0.1) is 5.56 Å². The Morgan fingerprint density at radius 3 is 2.52 bits per heavy atom. The Kier molecular flexibility index (Phi) is 4.24. The van der Waals surface area contributed by atoms with Crippen LogP contribution in [-0.2, 0) is 4.79 Å². The molecule has 23 heavy (non-hydrogen) atoms. The largest absolute Gasteiger partial charge is 0.360 e. The molecule has 0 saturated heterocycles. The van der Waals surface area contributed by atoms with Crippen LogP contribution in [0.3, 0.4) is 0 Å². The van der Waals surface area contributed by atoms with E-state index in [2.05, 4.69) is 10.3 Å². The van der Waals surface area contributed by atoms with Crippen LogP contribution < -0.4 is 5.32 Å². The van der Waals surface area contributed by atoms with Gasteiger partial charge in [0.2, 0.25) is 0 Å². The van der Waals surface area contributed by atoms with Gasteiger partial charge in [-0.15, -0.1) is 0 Å². The molecule has 0 bridgehead atoms. The van der Waals surface area contributed by atoms with Crippen molar-refractivity contribution in [2.45, 2.75) is 12.8 Å². The molecule has 0 spiro atoms. The van der Waals surface area contributed by atoms with E-state index in [9.17, 15) is 9.59 Å². The number of carbonyl (C=O) groups excluding carboxylic acids is 2. The fourth-order valence-corrected chi connectivity index (χ4v) is 2.61. The topological polar surface area (TPSA) is 62.0 Å². The number of amides is 1. The number of carbonyl (C=O) groups is 2. The van der Waals surface area contributed by atoms with Gasteiger partial charge < -0.3 is 10.3 Å². The third kappa shape index (κ3) is 3.16. The number of nitrogens with one attached hydrogen (secondary N) is 2. The van der Waals surface area contributed by atoms with E-state index in [1.807, 2.05) is 61.5 Å². The van der Waals surface area contributed by atoms with E-state index in [0.717, 1.165) is 16.5 Å². The van der Waals surface area contributed by atoms with Gasteiger partial charge in [0, 0.05) is 23.6 Å². The maximum absolute atomic E-state index is 12.3. The van der Waals surface area contributed by atoms with Crippen LogP contribution in [0.1, 0.15) is 28.8 Å². The third-order valence-electron chi connectivity index (χ3n) is 3.98. The molecule has 0 aliphatic heterocycles. The van der Waals surface area contributed by atoms with Crippen molar-refractivity contribution in [2.75, 3.05) is 6.54 Å². The van der Waals surface area contributed by atoms with Gasteiger partial charge >= 0.3 is 0 Å². The second kappa shape index (κ2) is 6.48. The van der Waals surface area contributed by atoms with Crippen molar-refractivity contribution in [3.63, 3.8) is 0 Å². The van der Waals surface area contributed by atoms with Gasteiger partial charge in [0.1, 0.15) is 0 Å². The summed E-state index contributed by atoms with van der Waals surface area (Å²) < 4.78 is 0.